The van der Waals surface area contributed by atoms with Crippen LogP contribution in [0.2, 0.25) is 0 Å². The van der Waals surface area contributed by atoms with Crippen LogP contribution in [-0.4, -0.2) is 44.7 Å². The van der Waals surface area contributed by atoms with Crippen LogP contribution >= 0.6 is 0 Å². The summed E-state index contributed by atoms with van der Waals surface area (Å²) in [6, 6.07) is 20.6. The molecule has 1 aliphatic rings. The summed E-state index contributed by atoms with van der Waals surface area (Å²) in [6.07, 6.45) is 4.05. The first kappa shape index (κ1) is 23.1. The van der Waals surface area contributed by atoms with Gasteiger partial charge in [0.05, 0.1) is 32.9 Å². The van der Waals surface area contributed by atoms with Gasteiger partial charge in [-0.1, -0.05) is 42.5 Å². The number of carbonyl (C=O) groups excluding carboxylic acids is 2. The second-order valence-electron chi connectivity index (χ2n) is 7.95. The van der Waals surface area contributed by atoms with E-state index >= 15 is 0 Å². The van der Waals surface area contributed by atoms with E-state index in [0.717, 1.165) is 22.3 Å². The molecule has 1 atom stereocenters. The van der Waals surface area contributed by atoms with Crippen molar-refractivity contribution in [1.29, 1.82) is 0 Å². The number of fused-ring (bicyclic) bond motifs is 1. The molecule has 0 saturated carbocycles. The summed E-state index contributed by atoms with van der Waals surface area (Å²) in [5.41, 5.74) is 4.48. The molecule has 3 aromatic carbocycles. The van der Waals surface area contributed by atoms with Crippen LogP contribution in [-0.2, 0) is 16.0 Å². The average Bonchev–Trinajstić information content (AvgIpc) is 2.90. The molecule has 6 heteroatoms. The SMILES string of the molecule is COC(=O)c1ccc(/C=C/C(=O)N2CCc3cc(OC)c(OC)cc3C2c2ccccc2)cc1. The molecule has 1 unspecified atom stereocenters. The number of benzene rings is 3. The molecule has 0 saturated heterocycles. The lowest BCUT2D eigenvalue weighted by atomic mass is 9.87. The van der Waals surface area contributed by atoms with Crippen molar-refractivity contribution >= 4 is 18.0 Å². The van der Waals surface area contributed by atoms with Crippen molar-refractivity contribution < 1.29 is 23.8 Å². The van der Waals surface area contributed by atoms with Crippen molar-refractivity contribution in [3.8, 4) is 11.5 Å². The van der Waals surface area contributed by atoms with Crippen molar-refractivity contribution in [2.75, 3.05) is 27.9 Å². The first-order chi connectivity index (χ1) is 16.5. The quantitative estimate of drug-likeness (QED) is 0.397. The van der Waals surface area contributed by atoms with Gasteiger partial charge in [-0.15, -0.1) is 0 Å². The Hall–Kier alpha value is -4.06. The van der Waals surface area contributed by atoms with Crippen molar-refractivity contribution in [1.82, 2.24) is 4.90 Å². The van der Waals surface area contributed by atoms with Gasteiger partial charge < -0.3 is 19.1 Å². The molecule has 0 spiro atoms. The summed E-state index contributed by atoms with van der Waals surface area (Å²) < 4.78 is 15.8. The van der Waals surface area contributed by atoms with Gasteiger partial charge in [-0.05, 0) is 59.0 Å². The lowest BCUT2D eigenvalue weighted by Gasteiger charge is -2.37. The van der Waals surface area contributed by atoms with E-state index in [9.17, 15) is 9.59 Å². The van der Waals surface area contributed by atoms with E-state index in [1.54, 1.807) is 50.6 Å². The van der Waals surface area contributed by atoms with Crippen molar-refractivity contribution in [2.24, 2.45) is 0 Å². The monoisotopic (exact) mass is 457 g/mol. The van der Waals surface area contributed by atoms with Crippen LogP contribution < -0.4 is 9.47 Å². The minimum Gasteiger partial charge on any atom is -0.493 e. The van der Waals surface area contributed by atoms with Gasteiger partial charge >= 0.3 is 5.97 Å². The molecule has 4 rings (SSSR count). The van der Waals surface area contributed by atoms with Crippen LogP contribution in [0.25, 0.3) is 6.08 Å². The van der Waals surface area contributed by atoms with E-state index in [4.69, 9.17) is 14.2 Å². The van der Waals surface area contributed by atoms with E-state index in [1.165, 1.54) is 7.11 Å². The van der Waals surface area contributed by atoms with Crippen molar-refractivity contribution in [2.45, 2.75) is 12.5 Å². The van der Waals surface area contributed by atoms with Gasteiger partial charge in [0.25, 0.3) is 0 Å². The highest BCUT2D eigenvalue weighted by Gasteiger charge is 2.32. The molecule has 0 aliphatic carbocycles. The zero-order chi connectivity index (χ0) is 24.1. The molecule has 0 aromatic heterocycles. The Kier molecular flexibility index (Phi) is 6.97. The van der Waals surface area contributed by atoms with Crippen LogP contribution in [0.3, 0.4) is 0 Å². The first-order valence-corrected chi connectivity index (χ1v) is 11.0. The minimum absolute atomic E-state index is 0.0914. The van der Waals surface area contributed by atoms with Crippen molar-refractivity contribution in [3.63, 3.8) is 0 Å². The molecule has 0 radical (unpaired) electrons. The standard InChI is InChI=1S/C28H27NO5/c1-32-24-17-22-15-16-29(26(30)14-11-19-9-12-21(13-10-19)28(31)34-3)27(20-7-5-4-6-8-20)23(22)18-25(24)33-2/h4-14,17-18,27H,15-16H2,1-3H3/b14-11+. The van der Waals surface area contributed by atoms with Gasteiger partial charge in [-0.25, -0.2) is 4.79 Å². The van der Waals surface area contributed by atoms with E-state index in [-0.39, 0.29) is 11.9 Å². The van der Waals surface area contributed by atoms with Crippen LogP contribution in [0.5, 0.6) is 11.5 Å². The Morgan fingerprint density at radius 3 is 2.24 bits per heavy atom. The Morgan fingerprint density at radius 2 is 1.59 bits per heavy atom. The lowest BCUT2D eigenvalue weighted by molar-refractivity contribution is -0.127. The van der Waals surface area contributed by atoms with Gasteiger partial charge in [-0.3, -0.25) is 4.79 Å². The molecular weight excluding hydrogens is 430 g/mol. The van der Waals surface area contributed by atoms with Gasteiger partial charge in [-0.2, -0.15) is 0 Å². The average molecular weight is 458 g/mol. The number of nitrogens with zero attached hydrogens (tertiary/aromatic N) is 1. The summed E-state index contributed by atoms with van der Waals surface area (Å²) in [7, 11) is 4.59. The fourth-order valence-electron chi connectivity index (χ4n) is 4.29. The van der Waals surface area contributed by atoms with E-state index in [1.807, 2.05) is 47.4 Å². The number of methoxy groups -OCH3 is 3. The zero-order valence-corrected chi connectivity index (χ0v) is 19.5. The fourth-order valence-corrected chi connectivity index (χ4v) is 4.29. The van der Waals surface area contributed by atoms with Crippen LogP contribution in [0.15, 0.2) is 72.8 Å². The van der Waals surface area contributed by atoms with E-state index in [2.05, 4.69) is 0 Å². The summed E-state index contributed by atoms with van der Waals surface area (Å²) in [5, 5.41) is 0. The lowest BCUT2D eigenvalue weighted by Crippen LogP contribution is -2.39. The highest BCUT2D eigenvalue weighted by Crippen LogP contribution is 2.41. The smallest absolute Gasteiger partial charge is 0.337 e. The number of amides is 1. The number of carbonyl (C=O) groups is 2. The molecule has 1 amide bonds. The molecule has 34 heavy (non-hydrogen) atoms. The maximum absolute atomic E-state index is 13.4. The Bertz CT molecular complexity index is 1200. The molecular formula is C28H27NO5. The van der Waals surface area contributed by atoms with Crippen LogP contribution in [0.4, 0.5) is 0 Å². The van der Waals surface area contributed by atoms with E-state index in [0.29, 0.717) is 30.0 Å². The maximum atomic E-state index is 13.4. The highest BCUT2D eigenvalue weighted by atomic mass is 16.5. The third kappa shape index (κ3) is 4.66. The summed E-state index contributed by atoms with van der Waals surface area (Å²) in [5.74, 6) is 0.837. The van der Waals surface area contributed by atoms with Gasteiger partial charge in [0.15, 0.2) is 11.5 Å². The molecule has 0 fully saturated rings. The van der Waals surface area contributed by atoms with Gasteiger partial charge in [0.2, 0.25) is 5.91 Å². The van der Waals surface area contributed by atoms with E-state index < -0.39 is 5.97 Å². The number of ether oxygens (including phenoxy) is 3. The number of rotatable bonds is 6. The highest BCUT2D eigenvalue weighted by molar-refractivity contribution is 5.93. The predicted octanol–water partition coefficient (Wildman–Crippen LogP) is 4.68. The Labute approximate surface area is 199 Å². The topological polar surface area (TPSA) is 65.1 Å². The maximum Gasteiger partial charge on any atom is 0.337 e. The zero-order valence-electron chi connectivity index (χ0n) is 19.5. The molecule has 3 aromatic rings. The predicted molar refractivity (Wildman–Crippen MR) is 130 cm³/mol. The summed E-state index contributed by atoms with van der Waals surface area (Å²) >= 11 is 0. The fraction of sp³-hybridized carbons (Fsp3) is 0.214. The van der Waals surface area contributed by atoms with Crippen LogP contribution in [0.1, 0.15) is 38.7 Å². The summed E-state index contributed by atoms with van der Waals surface area (Å²) in [4.78, 5) is 26.9. The van der Waals surface area contributed by atoms with Crippen molar-refractivity contribution in [3.05, 3.63) is 101 Å². The Balaban J connectivity index is 1.66. The molecule has 6 nitrogen and oxygen atoms in total. The minimum atomic E-state index is -0.392. The number of hydrogen-bond donors (Lipinski definition) is 0. The molecule has 0 N–H and O–H groups in total. The molecule has 174 valence electrons. The number of esters is 1. The molecule has 0 bridgehead atoms. The normalized spacial score (nSPS) is 15.0. The Morgan fingerprint density at radius 1 is 0.912 bits per heavy atom. The largest absolute Gasteiger partial charge is 0.493 e. The second kappa shape index (κ2) is 10.3. The van der Waals surface area contributed by atoms with Gasteiger partial charge in [0.1, 0.15) is 0 Å². The molecule has 1 heterocycles. The molecule has 1 aliphatic heterocycles. The third-order valence-corrected chi connectivity index (χ3v) is 6.02. The number of hydrogen-bond acceptors (Lipinski definition) is 5. The van der Waals surface area contributed by atoms with Crippen LogP contribution in [0, 0.1) is 0 Å². The first-order valence-electron chi connectivity index (χ1n) is 11.0. The second-order valence-corrected chi connectivity index (χ2v) is 7.95. The van der Waals surface area contributed by atoms with Gasteiger partial charge in [0, 0.05) is 12.6 Å². The summed E-state index contributed by atoms with van der Waals surface area (Å²) in [6.45, 7) is 0.576. The third-order valence-electron chi connectivity index (χ3n) is 6.02.